The van der Waals surface area contributed by atoms with E-state index in [1.165, 1.54) is 48.7 Å². The first-order valence-electron chi connectivity index (χ1n) is 11.9. The molecule has 0 radical (unpaired) electrons. The number of carbonyl (C=O) groups is 1. The van der Waals surface area contributed by atoms with Crippen molar-refractivity contribution < 1.29 is 22.9 Å². The third-order valence-electron chi connectivity index (χ3n) is 5.65. The number of hydrogen-bond donors (Lipinski definition) is 1. The third kappa shape index (κ3) is 7.60. The number of amides is 1. The van der Waals surface area contributed by atoms with Gasteiger partial charge in [0.15, 0.2) is 0 Å². The molecule has 0 aliphatic rings. The zero-order chi connectivity index (χ0) is 29.4. The van der Waals surface area contributed by atoms with Crippen molar-refractivity contribution in [2.75, 3.05) is 10.8 Å². The Morgan fingerprint density at radius 2 is 1.63 bits per heavy atom. The summed E-state index contributed by atoms with van der Waals surface area (Å²) < 4.78 is 33.4. The average molecular weight is 613 g/mol. The van der Waals surface area contributed by atoms with Crippen LogP contribution in [0.15, 0.2) is 107 Å². The van der Waals surface area contributed by atoms with E-state index in [-0.39, 0.29) is 32.9 Å². The number of ether oxygens (including phenoxy) is 1. The van der Waals surface area contributed by atoms with Crippen molar-refractivity contribution in [3.8, 4) is 5.75 Å². The fourth-order valence-electron chi connectivity index (χ4n) is 3.58. The summed E-state index contributed by atoms with van der Waals surface area (Å²) >= 11 is 12.4. The van der Waals surface area contributed by atoms with Crippen molar-refractivity contribution in [1.82, 2.24) is 5.43 Å². The maximum absolute atomic E-state index is 13.4. The molecular formula is C28H22Cl2N4O6S. The molecule has 4 aromatic rings. The van der Waals surface area contributed by atoms with Crippen molar-refractivity contribution in [2.24, 2.45) is 5.10 Å². The molecule has 41 heavy (non-hydrogen) atoms. The fourth-order valence-corrected chi connectivity index (χ4v) is 5.48. The minimum Gasteiger partial charge on any atom is -0.489 e. The van der Waals surface area contributed by atoms with E-state index in [9.17, 15) is 23.3 Å². The van der Waals surface area contributed by atoms with Gasteiger partial charge in [-0.15, -0.1) is 0 Å². The van der Waals surface area contributed by atoms with E-state index in [1.54, 1.807) is 54.6 Å². The third-order valence-corrected chi connectivity index (χ3v) is 8.24. The topological polar surface area (TPSA) is 131 Å². The van der Waals surface area contributed by atoms with E-state index in [4.69, 9.17) is 27.9 Å². The van der Waals surface area contributed by atoms with Gasteiger partial charge in [-0.05, 0) is 71.8 Å². The number of hydrazone groups is 1. The molecule has 1 N–H and O–H groups in total. The molecule has 4 rings (SSSR count). The molecule has 0 heterocycles. The summed E-state index contributed by atoms with van der Waals surface area (Å²) in [5.41, 5.74) is 3.79. The van der Waals surface area contributed by atoms with Gasteiger partial charge in [0.25, 0.3) is 21.6 Å². The van der Waals surface area contributed by atoms with Gasteiger partial charge in [0.05, 0.1) is 31.8 Å². The van der Waals surface area contributed by atoms with Crippen LogP contribution in [0.5, 0.6) is 5.75 Å². The smallest absolute Gasteiger partial charge is 0.269 e. The van der Waals surface area contributed by atoms with Crippen LogP contribution < -0.4 is 14.5 Å². The number of anilines is 1. The summed E-state index contributed by atoms with van der Waals surface area (Å²) in [6, 6.07) is 25.0. The summed E-state index contributed by atoms with van der Waals surface area (Å²) in [6.45, 7) is -0.384. The number of nitrogens with one attached hydrogen (secondary N) is 1. The van der Waals surface area contributed by atoms with Crippen molar-refractivity contribution in [3.63, 3.8) is 0 Å². The van der Waals surface area contributed by atoms with Crippen LogP contribution in [0.25, 0.3) is 0 Å². The van der Waals surface area contributed by atoms with Gasteiger partial charge < -0.3 is 4.74 Å². The Balaban J connectivity index is 1.39. The second-order valence-corrected chi connectivity index (χ2v) is 11.1. The molecule has 1 amide bonds. The zero-order valence-corrected chi connectivity index (χ0v) is 23.5. The summed E-state index contributed by atoms with van der Waals surface area (Å²) in [5, 5.41) is 14.8. The van der Waals surface area contributed by atoms with Gasteiger partial charge in [0, 0.05) is 12.1 Å². The first-order chi connectivity index (χ1) is 19.6. The molecule has 4 aromatic carbocycles. The Kier molecular flexibility index (Phi) is 9.56. The van der Waals surface area contributed by atoms with Crippen LogP contribution in [0, 0.1) is 10.1 Å². The van der Waals surface area contributed by atoms with Crippen LogP contribution in [0.3, 0.4) is 0 Å². The van der Waals surface area contributed by atoms with E-state index in [0.29, 0.717) is 11.3 Å². The van der Waals surface area contributed by atoms with E-state index in [2.05, 4.69) is 10.5 Å². The molecular weight excluding hydrogens is 591 g/mol. The number of rotatable bonds is 11. The molecule has 0 aliphatic heterocycles. The second-order valence-electron chi connectivity index (χ2n) is 8.47. The number of nitrogens with zero attached hydrogens (tertiary/aromatic N) is 3. The highest BCUT2D eigenvalue weighted by Gasteiger charge is 2.29. The molecule has 0 atom stereocenters. The number of halogens is 2. The maximum Gasteiger partial charge on any atom is 0.269 e. The highest BCUT2D eigenvalue weighted by Crippen LogP contribution is 2.35. The quantitative estimate of drug-likeness (QED) is 0.129. The lowest BCUT2D eigenvalue weighted by molar-refractivity contribution is -0.384. The Labute approximate surface area is 246 Å². The Morgan fingerprint density at radius 3 is 2.29 bits per heavy atom. The lowest BCUT2D eigenvalue weighted by atomic mass is 10.2. The largest absolute Gasteiger partial charge is 0.489 e. The van der Waals surface area contributed by atoms with E-state index < -0.39 is 27.4 Å². The number of hydrogen-bond acceptors (Lipinski definition) is 7. The number of nitro benzene ring substituents is 1. The van der Waals surface area contributed by atoms with Crippen LogP contribution in [0.2, 0.25) is 10.0 Å². The molecule has 0 saturated carbocycles. The van der Waals surface area contributed by atoms with Gasteiger partial charge in [0.2, 0.25) is 0 Å². The standard InChI is InChI=1S/C28H22Cl2N4O6S/c29-25-7-4-8-26(28(25)30)33(41(38,39)24-5-2-1-3-6-24)18-27(35)32-31-17-20-11-15-23(16-12-20)40-19-21-9-13-22(14-10-21)34(36)37/h1-17H,18-19H2,(H,32,35)/b31-17-. The van der Waals surface area contributed by atoms with Gasteiger partial charge in [-0.2, -0.15) is 5.10 Å². The van der Waals surface area contributed by atoms with Crippen LogP contribution in [-0.2, 0) is 21.4 Å². The number of sulfonamides is 1. The molecule has 0 fully saturated rings. The van der Waals surface area contributed by atoms with Gasteiger partial charge >= 0.3 is 0 Å². The molecule has 0 aliphatic carbocycles. The van der Waals surface area contributed by atoms with Gasteiger partial charge in [0.1, 0.15) is 18.9 Å². The first kappa shape index (κ1) is 29.5. The summed E-state index contributed by atoms with van der Waals surface area (Å²) in [7, 11) is -4.17. The number of nitro groups is 1. The molecule has 0 aromatic heterocycles. The highest BCUT2D eigenvalue weighted by atomic mass is 35.5. The van der Waals surface area contributed by atoms with Crippen molar-refractivity contribution in [1.29, 1.82) is 0 Å². The average Bonchev–Trinajstić information content (AvgIpc) is 2.98. The first-order valence-corrected chi connectivity index (χ1v) is 14.1. The lowest BCUT2D eigenvalue weighted by Gasteiger charge is -2.24. The Bertz CT molecular complexity index is 1670. The SMILES string of the molecule is O=C(CN(c1cccc(Cl)c1Cl)S(=O)(=O)c1ccccc1)N/N=C\c1ccc(OCc2ccc([N+](=O)[O-])cc2)cc1. The number of carbonyl (C=O) groups excluding carboxylic acids is 1. The molecule has 10 nitrogen and oxygen atoms in total. The Morgan fingerprint density at radius 1 is 0.951 bits per heavy atom. The predicted octanol–water partition coefficient (Wildman–Crippen LogP) is 5.83. The highest BCUT2D eigenvalue weighted by molar-refractivity contribution is 7.92. The molecule has 210 valence electrons. The minimum atomic E-state index is -4.17. The molecule has 0 spiro atoms. The number of non-ortho nitro benzene ring substituents is 1. The summed E-state index contributed by atoms with van der Waals surface area (Å²) in [5.74, 6) is -0.149. The molecule has 0 unspecified atom stereocenters. The van der Waals surface area contributed by atoms with Crippen molar-refractivity contribution in [3.05, 3.63) is 128 Å². The van der Waals surface area contributed by atoms with Crippen LogP contribution in [-0.4, -0.2) is 32.0 Å². The normalized spacial score (nSPS) is 11.3. The predicted molar refractivity (Wildman–Crippen MR) is 157 cm³/mol. The van der Waals surface area contributed by atoms with Gasteiger partial charge in [-0.1, -0.05) is 47.5 Å². The summed E-state index contributed by atoms with van der Waals surface area (Å²) in [6.07, 6.45) is 1.39. The van der Waals surface area contributed by atoms with E-state index in [1.807, 2.05) is 0 Å². The minimum absolute atomic E-state index is 0.00303. The van der Waals surface area contributed by atoms with Crippen LogP contribution in [0.4, 0.5) is 11.4 Å². The van der Waals surface area contributed by atoms with E-state index in [0.717, 1.165) is 9.87 Å². The zero-order valence-electron chi connectivity index (χ0n) is 21.2. The van der Waals surface area contributed by atoms with Crippen molar-refractivity contribution >= 4 is 56.7 Å². The lowest BCUT2D eigenvalue weighted by Crippen LogP contribution is -2.39. The summed E-state index contributed by atoms with van der Waals surface area (Å²) in [4.78, 5) is 23.0. The molecule has 13 heteroatoms. The Hall–Kier alpha value is -4.45. The fraction of sp³-hybridized carbons (Fsp3) is 0.0714. The van der Waals surface area contributed by atoms with Gasteiger partial charge in [-0.25, -0.2) is 13.8 Å². The van der Waals surface area contributed by atoms with Gasteiger partial charge in [-0.3, -0.25) is 19.2 Å². The monoisotopic (exact) mass is 612 g/mol. The molecule has 0 saturated heterocycles. The second kappa shape index (κ2) is 13.3. The van der Waals surface area contributed by atoms with Crippen LogP contribution >= 0.6 is 23.2 Å². The maximum atomic E-state index is 13.4. The van der Waals surface area contributed by atoms with E-state index >= 15 is 0 Å². The van der Waals surface area contributed by atoms with Crippen molar-refractivity contribution in [2.45, 2.75) is 11.5 Å². The van der Waals surface area contributed by atoms with Crippen LogP contribution in [0.1, 0.15) is 11.1 Å². The molecule has 0 bridgehead atoms. The number of benzene rings is 4.